The van der Waals surface area contributed by atoms with Crippen LogP contribution in [0.3, 0.4) is 0 Å². The first-order chi connectivity index (χ1) is 9.58. The highest BCUT2D eigenvalue weighted by Crippen LogP contribution is 2.25. The molecule has 1 aromatic carbocycles. The molecule has 0 aliphatic carbocycles. The minimum absolute atomic E-state index is 0.0684. The Hall–Kier alpha value is -1.88. The predicted octanol–water partition coefficient (Wildman–Crippen LogP) is 1.67. The molecule has 2 rings (SSSR count). The van der Waals surface area contributed by atoms with E-state index < -0.39 is 5.97 Å². The average molecular weight is 277 g/mol. The Morgan fingerprint density at radius 1 is 1.30 bits per heavy atom. The summed E-state index contributed by atoms with van der Waals surface area (Å²) in [5.41, 5.74) is 0.948. The van der Waals surface area contributed by atoms with Crippen molar-refractivity contribution in [1.82, 2.24) is 4.90 Å². The number of likely N-dealkylation sites (N-methyl/N-ethyl adjacent to an activating group) is 1. The first kappa shape index (κ1) is 14.5. The summed E-state index contributed by atoms with van der Waals surface area (Å²) >= 11 is 0. The fourth-order valence-corrected chi connectivity index (χ4v) is 2.57. The van der Waals surface area contributed by atoms with Gasteiger partial charge in [-0.3, -0.25) is 14.5 Å². The SMILES string of the molecule is CN1C(CC(=O)O)CCC1C(=O)OCc1ccccc1. The number of hydrogen-bond donors (Lipinski definition) is 1. The van der Waals surface area contributed by atoms with Crippen LogP contribution in [0.5, 0.6) is 0 Å². The van der Waals surface area contributed by atoms with Crippen molar-refractivity contribution in [1.29, 1.82) is 0 Å². The van der Waals surface area contributed by atoms with Gasteiger partial charge in [0.25, 0.3) is 0 Å². The van der Waals surface area contributed by atoms with E-state index in [1.165, 1.54) is 0 Å². The number of carboxylic acid groups (broad SMARTS) is 1. The normalized spacial score (nSPS) is 22.6. The van der Waals surface area contributed by atoms with Gasteiger partial charge in [0.15, 0.2) is 0 Å². The molecule has 1 heterocycles. The number of likely N-dealkylation sites (tertiary alicyclic amines) is 1. The van der Waals surface area contributed by atoms with E-state index >= 15 is 0 Å². The summed E-state index contributed by atoms with van der Waals surface area (Å²) in [7, 11) is 1.79. The van der Waals surface area contributed by atoms with Crippen LogP contribution in [0, 0.1) is 0 Å². The molecule has 2 unspecified atom stereocenters. The van der Waals surface area contributed by atoms with Gasteiger partial charge >= 0.3 is 11.9 Å². The van der Waals surface area contributed by atoms with Crippen LogP contribution in [-0.4, -0.2) is 41.1 Å². The fourth-order valence-electron chi connectivity index (χ4n) is 2.57. The molecule has 0 radical (unpaired) electrons. The highest BCUT2D eigenvalue weighted by Gasteiger charge is 2.37. The smallest absolute Gasteiger partial charge is 0.323 e. The van der Waals surface area contributed by atoms with Crippen LogP contribution in [0.25, 0.3) is 0 Å². The van der Waals surface area contributed by atoms with Crippen molar-refractivity contribution < 1.29 is 19.4 Å². The highest BCUT2D eigenvalue weighted by molar-refractivity contribution is 5.76. The summed E-state index contributed by atoms with van der Waals surface area (Å²) in [5, 5.41) is 8.83. The number of ether oxygens (including phenoxy) is 1. The predicted molar refractivity (Wildman–Crippen MR) is 73.1 cm³/mol. The number of carbonyl (C=O) groups is 2. The topological polar surface area (TPSA) is 66.8 Å². The molecule has 108 valence electrons. The van der Waals surface area contributed by atoms with Crippen LogP contribution in [0.4, 0.5) is 0 Å². The van der Waals surface area contributed by atoms with E-state index in [0.29, 0.717) is 12.8 Å². The minimum atomic E-state index is -0.833. The van der Waals surface area contributed by atoms with Crippen LogP contribution >= 0.6 is 0 Å². The Morgan fingerprint density at radius 3 is 2.65 bits per heavy atom. The number of hydrogen-bond acceptors (Lipinski definition) is 4. The van der Waals surface area contributed by atoms with Gasteiger partial charge in [0, 0.05) is 6.04 Å². The number of rotatable bonds is 5. The van der Waals surface area contributed by atoms with Crippen molar-refractivity contribution in [2.24, 2.45) is 0 Å². The lowest BCUT2D eigenvalue weighted by molar-refractivity contribution is -0.151. The Labute approximate surface area is 118 Å². The molecule has 20 heavy (non-hydrogen) atoms. The summed E-state index contributed by atoms with van der Waals surface area (Å²) < 4.78 is 5.31. The van der Waals surface area contributed by atoms with Crippen LogP contribution < -0.4 is 0 Å². The average Bonchev–Trinajstić information content (AvgIpc) is 2.78. The zero-order valence-electron chi connectivity index (χ0n) is 11.5. The first-order valence-corrected chi connectivity index (χ1v) is 6.72. The molecule has 0 bridgehead atoms. The van der Waals surface area contributed by atoms with Gasteiger partial charge in [-0.25, -0.2) is 0 Å². The summed E-state index contributed by atoms with van der Waals surface area (Å²) in [6.45, 7) is 0.258. The van der Waals surface area contributed by atoms with Gasteiger partial charge in [-0.2, -0.15) is 0 Å². The third kappa shape index (κ3) is 3.57. The van der Waals surface area contributed by atoms with Crippen molar-refractivity contribution in [3.63, 3.8) is 0 Å². The zero-order chi connectivity index (χ0) is 14.5. The van der Waals surface area contributed by atoms with E-state index in [4.69, 9.17) is 9.84 Å². The minimum Gasteiger partial charge on any atom is -0.481 e. The molecule has 2 atom stereocenters. The molecule has 5 heteroatoms. The lowest BCUT2D eigenvalue weighted by atomic mass is 10.1. The molecule has 1 aromatic rings. The van der Waals surface area contributed by atoms with Gasteiger partial charge in [0.1, 0.15) is 12.6 Å². The van der Waals surface area contributed by atoms with Gasteiger partial charge in [-0.1, -0.05) is 30.3 Å². The third-order valence-corrected chi connectivity index (χ3v) is 3.75. The lowest BCUT2D eigenvalue weighted by Gasteiger charge is -2.23. The maximum absolute atomic E-state index is 12.0. The molecule has 0 saturated carbocycles. The number of carbonyl (C=O) groups excluding carboxylic acids is 1. The maximum Gasteiger partial charge on any atom is 0.323 e. The summed E-state index contributed by atoms with van der Waals surface area (Å²) in [6, 6.07) is 9.09. The summed E-state index contributed by atoms with van der Waals surface area (Å²) in [5.74, 6) is -1.11. The van der Waals surface area contributed by atoms with E-state index in [1.54, 1.807) is 7.05 Å². The van der Waals surface area contributed by atoms with Crippen LogP contribution in [-0.2, 0) is 20.9 Å². The second-order valence-corrected chi connectivity index (χ2v) is 5.10. The van der Waals surface area contributed by atoms with Gasteiger partial charge < -0.3 is 9.84 Å². The molecule has 0 spiro atoms. The molecule has 1 aliphatic heterocycles. The molecule has 1 fully saturated rings. The van der Waals surface area contributed by atoms with E-state index in [1.807, 2.05) is 35.2 Å². The molecule has 1 saturated heterocycles. The van der Waals surface area contributed by atoms with Crippen molar-refractivity contribution in [2.45, 2.75) is 38.0 Å². The van der Waals surface area contributed by atoms with Crippen molar-refractivity contribution >= 4 is 11.9 Å². The van der Waals surface area contributed by atoms with Crippen LogP contribution in [0.1, 0.15) is 24.8 Å². The Balaban J connectivity index is 1.86. The Bertz CT molecular complexity index is 474. The van der Waals surface area contributed by atoms with E-state index in [2.05, 4.69) is 0 Å². The largest absolute Gasteiger partial charge is 0.481 e. The van der Waals surface area contributed by atoms with Gasteiger partial charge in [0.2, 0.25) is 0 Å². The fraction of sp³-hybridized carbons (Fsp3) is 0.467. The Morgan fingerprint density at radius 2 is 2.00 bits per heavy atom. The first-order valence-electron chi connectivity index (χ1n) is 6.72. The molecule has 5 nitrogen and oxygen atoms in total. The van der Waals surface area contributed by atoms with E-state index in [9.17, 15) is 9.59 Å². The second kappa shape index (κ2) is 6.52. The maximum atomic E-state index is 12.0. The summed E-state index contributed by atoms with van der Waals surface area (Å²) in [4.78, 5) is 24.6. The van der Waals surface area contributed by atoms with Gasteiger partial charge in [-0.05, 0) is 25.5 Å². The molecule has 0 amide bonds. The number of esters is 1. The molecular formula is C15H19NO4. The van der Waals surface area contributed by atoms with Gasteiger partial charge in [0.05, 0.1) is 6.42 Å². The van der Waals surface area contributed by atoms with Crippen LogP contribution in [0.15, 0.2) is 30.3 Å². The number of aliphatic carboxylic acids is 1. The van der Waals surface area contributed by atoms with Gasteiger partial charge in [-0.15, -0.1) is 0 Å². The second-order valence-electron chi connectivity index (χ2n) is 5.10. The standard InChI is InChI=1S/C15H19NO4/c1-16-12(9-14(17)18)7-8-13(16)15(19)20-10-11-5-3-2-4-6-11/h2-6,12-13H,7-10H2,1H3,(H,17,18). The molecular weight excluding hydrogens is 258 g/mol. The van der Waals surface area contributed by atoms with Crippen LogP contribution in [0.2, 0.25) is 0 Å². The summed E-state index contributed by atoms with van der Waals surface area (Å²) in [6.07, 6.45) is 1.44. The quantitative estimate of drug-likeness (QED) is 0.829. The lowest BCUT2D eigenvalue weighted by Crippen LogP contribution is -2.39. The molecule has 0 aromatic heterocycles. The molecule has 1 aliphatic rings. The molecule has 1 N–H and O–H groups in total. The zero-order valence-corrected chi connectivity index (χ0v) is 11.5. The number of carboxylic acids is 1. The number of benzene rings is 1. The van der Waals surface area contributed by atoms with Crippen molar-refractivity contribution in [3.8, 4) is 0 Å². The van der Waals surface area contributed by atoms with Crippen molar-refractivity contribution in [3.05, 3.63) is 35.9 Å². The Kier molecular flexibility index (Phi) is 4.74. The highest BCUT2D eigenvalue weighted by atomic mass is 16.5. The van der Waals surface area contributed by atoms with Crippen molar-refractivity contribution in [2.75, 3.05) is 7.05 Å². The third-order valence-electron chi connectivity index (χ3n) is 3.75. The van der Waals surface area contributed by atoms with E-state index in [0.717, 1.165) is 5.56 Å². The monoisotopic (exact) mass is 277 g/mol. The van der Waals surface area contributed by atoms with E-state index in [-0.39, 0.29) is 31.1 Å². The number of nitrogens with zero attached hydrogens (tertiary/aromatic N) is 1.